The summed E-state index contributed by atoms with van der Waals surface area (Å²) < 4.78 is 10.2. The van der Waals surface area contributed by atoms with E-state index in [-0.39, 0.29) is 12.6 Å². The van der Waals surface area contributed by atoms with Crippen molar-refractivity contribution in [1.82, 2.24) is 0 Å². The zero-order valence-electron chi connectivity index (χ0n) is 11.6. The fourth-order valence-electron chi connectivity index (χ4n) is 1.75. The van der Waals surface area contributed by atoms with Crippen LogP contribution >= 0.6 is 0 Å². The lowest BCUT2D eigenvalue weighted by atomic mass is 10.0. The molecule has 0 aliphatic heterocycles. The molecule has 0 heterocycles. The number of carbonyl (C=O) groups excluding carboxylic acids is 1. The van der Waals surface area contributed by atoms with Crippen LogP contribution in [0.4, 0.5) is 0 Å². The second-order valence-corrected chi connectivity index (χ2v) is 4.62. The third kappa shape index (κ3) is 5.75. The maximum atomic E-state index is 11.7. The van der Waals surface area contributed by atoms with E-state index in [1.54, 1.807) is 31.4 Å². The van der Waals surface area contributed by atoms with Crippen molar-refractivity contribution < 1.29 is 19.4 Å². The first-order chi connectivity index (χ1) is 9.17. The van der Waals surface area contributed by atoms with Crippen molar-refractivity contribution in [3.63, 3.8) is 0 Å². The van der Waals surface area contributed by atoms with Gasteiger partial charge in [-0.15, -0.1) is 0 Å². The standard InChI is InChI=1S/C15H22O4/c1-12(4-3-10-16)9-11-19-15(17)13-5-7-14(18-2)8-6-13/h5-8,12,16H,3-4,9-11H2,1-2H3/t12-/m0/s1. The Bertz CT molecular complexity index is 372. The Morgan fingerprint density at radius 3 is 2.53 bits per heavy atom. The normalized spacial score (nSPS) is 11.9. The number of methoxy groups -OCH3 is 1. The minimum Gasteiger partial charge on any atom is -0.497 e. The topological polar surface area (TPSA) is 55.8 Å². The molecular formula is C15H22O4. The number of carbonyl (C=O) groups is 1. The van der Waals surface area contributed by atoms with Gasteiger partial charge in [0, 0.05) is 6.61 Å². The Morgan fingerprint density at radius 2 is 1.95 bits per heavy atom. The Labute approximate surface area is 114 Å². The van der Waals surface area contributed by atoms with Crippen LogP contribution in [-0.2, 0) is 4.74 Å². The van der Waals surface area contributed by atoms with E-state index in [9.17, 15) is 4.79 Å². The molecule has 0 fully saturated rings. The highest BCUT2D eigenvalue weighted by Crippen LogP contribution is 2.13. The lowest BCUT2D eigenvalue weighted by Crippen LogP contribution is -2.09. The average molecular weight is 266 g/mol. The highest BCUT2D eigenvalue weighted by atomic mass is 16.5. The molecule has 0 spiro atoms. The van der Waals surface area contributed by atoms with Crippen LogP contribution in [-0.4, -0.2) is 31.4 Å². The van der Waals surface area contributed by atoms with Crippen LogP contribution in [0.3, 0.4) is 0 Å². The largest absolute Gasteiger partial charge is 0.497 e. The quantitative estimate of drug-likeness (QED) is 0.735. The lowest BCUT2D eigenvalue weighted by Gasteiger charge is -2.11. The molecule has 1 aromatic carbocycles. The molecule has 4 heteroatoms. The monoisotopic (exact) mass is 266 g/mol. The second kappa shape index (κ2) is 8.53. The summed E-state index contributed by atoms with van der Waals surface area (Å²) in [5.41, 5.74) is 0.531. The lowest BCUT2D eigenvalue weighted by molar-refractivity contribution is 0.0482. The van der Waals surface area contributed by atoms with Gasteiger partial charge in [-0.25, -0.2) is 4.79 Å². The molecule has 0 amide bonds. The third-order valence-corrected chi connectivity index (χ3v) is 3.02. The van der Waals surface area contributed by atoms with Crippen LogP contribution < -0.4 is 4.74 Å². The van der Waals surface area contributed by atoms with Crippen molar-refractivity contribution >= 4 is 5.97 Å². The van der Waals surface area contributed by atoms with Gasteiger partial charge in [-0.1, -0.05) is 6.92 Å². The van der Waals surface area contributed by atoms with Crippen molar-refractivity contribution in [2.75, 3.05) is 20.3 Å². The zero-order valence-corrected chi connectivity index (χ0v) is 11.6. The van der Waals surface area contributed by atoms with Crippen molar-refractivity contribution in [2.45, 2.75) is 26.2 Å². The molecule has 1 atom stereocenters. The summed E-state index contributed by atoms with van der Waals surface area (Å²) in [7, 11) is 1.58. The predicted octanol–water partition coefficient (Wildman–Crippen LogP) is 2.65. The van der Waals surface area contributed by atoms with E-state index in [0.717, 1.165) is 19.3 Å². The number of benzene rings is 1. The fourth-order valence-corrected chi connectivity index (χ4v) is 1.75. The summed E-state index contributed by atoms with van der Waals surface area (Å²) in [6.45, 7) is 2.73. The summed E-state index contributed by atoms with van der Waals surface area (Å²) >= 11 is 0. The van der Waals surface area contributed by atoms with Gasteiger partial charge in [0.05, 0.1) is 19.3 Å². The third-order valence-electron chi connectivity index (χ3n) is 3.02. The van der Waals surface area contributed by atoms with Gasteiger partial charge >= 0.3 is 5.97 Å². The Hall–Kier alpha value is -1.55. The van der Waals surface area contributed by atoms with Crippen LogP contribution in [0.15, 0.2) is 24.3 Å². The summed E-state index contributed by atoms with van der Waals surface area (Å²) in [6.07, 6.45) is 2.58. The maximum absolute atomic E-state index is 11.7. The molecular weight excluding hydrogens is 244 g/mol. The van der Waals surface area contributed by atoms with Gasteiger partial charge in [0.1, 0.15) is 5.75 Å². The van der Waals surface area contributed by atoms with Gasteiger partial charge in [-0.05, 0) is 49.4 Å². The molecule has 19 heavy (non-hydrogen) atoms. The molecule has 1 N–H and O–H groups in total. The molecule has 1 rings (SSSR count). The number of hydrogen-bond donors (Lipinski definition) is 1. The molecule has 0 aromatic heterocycles. The second-order valence-electron chi connectivity index (χ2n) is 4.62. The van der Waals surface area contributed by atoms with Crippen molar-refractivity contribution in [2.24, 2.45) is 5.92 Å². The molecule has 0 saturated heterocycles. The number of aliphatic hydroxyl groups is 1. The number of aliphatic hydroxyl groups excluding tert-OH is 1. The van der Waals surface area contributed by atoms with Crippen molar-refractivity contribution in [3.8, 4) is 5.75 Å². The minimum absolute atomic E-state index is 0.218. The first-order valence-corrected chi connectivity index (χ1v) is 6.59. The minimum atomic E-state index is -0.308. The molecule has 4 nitrogen and oxygen atoms in total. The van der Waals surface area contributed by atoms with Crippen LogP contribution in [0.1, 0.15) is 36.5 Å². The number of ether oxygens (including phenoxy) is 2. The predicted molar refractivity (Wildman–Crippen MR) is 73.4 cm³/mol. The van der Waals surface area contributed by atoms with Crippen LogP contribution in [0.2, 0.25) is 0 Å². The Kier molecular flexibility index (Phi) is 6.97. The SMILES string of the molecule is COc1ccc(C(=O)OCC[C@@H](C)CCCO)cc1. The van der Waals surface area contributed by atoms with Gasteiger partial charge < -0.3 is 14.6 Å². The van der Waals surface area contributed by atoms with Gasteiger partial charge in [-0.3, -0.25) is 0 Å². The summed E-state index contributed by atoms with van der Waals surface area (Å²) in [4.78, 5) is 11.7. The molecule has 1 aromatic rings. The zero-order chi connectivity index (χ0) is 14.1. The van der Waals surface area contributed by atoms with Crippen LogP contribution in [0.5, 0.6) is 5.75 Å². The molecule has 0 saturated carbocycles. The molecule has 106 valence electrons. The van der Waals surface area contributed by atoms with Crippen LogP contribution in [0, 0.1) is 5.92 Å². The summed E-state index contributed by atoms with van der Waals surface area (Å²) in [5, 5.41) is 8.72. The number of rotatable bonds is 8. The van der Waals surface area contributed by atoms with Gasteiger partial charge in [0.15, 0.2) is 0 Å². The van der Waals surface area contributed by atoms with Gasteiger partial charge in [-0.2, -0.15) is 0 Å². The molecule has 0 radical (unpaired) electrons. The molecule has 0 bridgehead atoms. The van der Waals surface area contributed by atoms with Crippen molar-refractivity contribution in [1.29, 1.82) is 0 Å². The van der Waals surface area contributed by atoms with Gasteiger partial charge in [0.25, 0.3) is 0 Å². The van der Waals surface area contributed by atoms with E-state index in [1.165, 1.54) is 0 Å². The van der Waals surface area contributed by atoms with Crippen LogP contribution in [0.25, 0.3) is 0 Å². The van der Waals surface area contributed by atoms with Crippen molar-refractivity contribution in [3.05, 3.63) is 29.8 Å². The van der Waals surface area contributed by atoms with E-state index in [0.29, 0.717) is 23.8 Å². The Morgan fingerprint density at radius 1 is 1.26 bits per heavy atom. The van der Waals surface area contributed by atoms with E-state index < -0.39 is 0 Å². The maximum Gasteiger partial charge on any atom is 0.338 e. The van der Waals surface area contributed by atoms with E-state index >= 15 is 0 Å². The molecule has 0 unspecified atom stereocenters. The smallest absolute Gasteiger partial charge is 0.338 e. The average Bonchev–Trinajstić information content (AvgIpc) is 2.45. The van der Waals surface area contributed by atoms with E-state index in [2.05, 4.69) is 6.92 Å². The molecule has 0 aliphatic carbocycles. The highest BCUT2D eigenvalue weighted by Gasteiger charge is 2.08. The van der Waals surface area contributed by atoms with Gasteiger partial charge in [0.2, 0.25) is 0 Å². The summed E-state index contributed by atoms with van der Waals surface area (Å²) in [5.74, 6) is 0.863. The van der Waals surface area contributed by atoms with E-state index in [1.807, 2.05) is 0 Å². The highest BCUT2D eigenvalue weighted by molar-refractivity contribution is 5.89. The fraction of sp³-hybridized carbons (Fsp3) is 0.533. The first-order valence-electron chi connectivity index (χ1n) is 6.59. The number of hydrogen-bond acceptors (Lipinski definition) is 4. The molecule has 0 aliphatic rings. The number of esters is 1. The Balaban J connectivity index is 2.30. The first kappa shape index (κ1) is 15.5. The van der Waals surface area contributed by atoms with E-state index in [4.69, 9.17) is 14.6 Å². The summed E-state index contributed by atoms with van der Waals surface area (Å²) in [6, 6.07) is 6.85.